The van der Waals surface area contributed by atoms with Gasteiger partial charge in [0.25, 0.3) is 5.91 Å². The lowest BCUT2D eigenvalue weighted by molar-refractivity contribution is 0.0599. The fourth-order valence-electron chi connectivity index (χ4n) is 5.12. The van der Waals surface area contributed by atoms with Gasteiger partial charge in [-0.1, -0.05) is 30.3 Å². The Morgan fingerprint density at radius 3 is 2.73 bits per heavy atom. The van der Waals surface area contributed by atoms with Gasteiger partial charge in [-0.05, 0) is 51.0 Å². The van der Waals surface area contributed by atoms with Gasteiger partial charge in [0.05, 0.1) is 17.8 Å². The lowest BCUT2D eigenvalue weighted by Gasteiger charge is -2.36. The second-order valence-electron chi connectivity index (χ2n) is 9.21. The maximum Gasteiger partial charge on any atom is 0.257 e. The minimum Gasteiger partial charge on any atom is -0.356 e. The average molecular weight is 445 g/mol. The highest BCUT2D eigenvalue weighted by Gasteiger charge is 2.33. The lowest BCUT2D eigenvalue weighted by atomic mass is 9.98. The third-order valence-electron chi connectivity index (χ3n) is 6.89. The van der Waals surface area contributed by atoms with Crippen molar-refractivity contribution >= 4 is 11.7 Å². The standard InChI is InChI=1S/C26H32N6O/c1-19-22-11-8-14-31(16-13-20-9-4-3-5-10-20)25(22)29-24(28-19)23-12-6-7-15-32(23)26(33)21-17-27-30(2)18-21/h3-5,9-10,17-18,23H,6-8,11-16H2,1-2H3. The van der Waals surface area contributed by atoms with E-state index in [1.165, 1.54) is 11.1 Å². The Balaban J connectivity index is 1.43. The van der Waals surface area contributed by atoms with Crippen molar-refractivity contribution in [3.05, 3.63) is 70.9 Å². The van der Waals surface area contributed by atoms with E-state index >= 15 is 0 Å². The zero-order chi connectivity index (χ0) is 22.8. The number of carbonyl (C=O) groups is 1. The summed E-state index contributed by atoms with van der Waals surface area (Å²) in [7, 11) is 1.84. The Bertz CT molecular complexity index is 1130. The van der Waals surface area contributed by atoms with Crippen LogP contribution >= 0.6 is 0 Å². The molecule has 1 saturated heterocycles. The van der Waals surface area contributed by atoms with Gasteiger partial charge in [-0.15, -0.1) is 0 Å². The Morgan fingerprint density at radius 1 is 1.09 bits per heavy atom. The number of hydrogen-bond donors (Lipinski definition) is 0. The highest BCUT2D eigenvalue weighted by Crippen LogP contribution is 2.34. The Kier molecular flexibility index (Phi) is 6.11. The number of amides is 1. The van der Waals surface area contributed by atoms with Crippen molar-refractivity contribution in [3.8, 4) is 0 Å². The molecule has 0 radical (unpaired) electrons. The van der Waals surface area contributed by atoms with E-state index in [1.807, 2.05) is 11.9 Å². The summed E-state index contributed by atoms with van der Waals surface area (Å²) < 4.78 is 1.68. The molecule has 0 bridgehead atoms. The highest BCUT2D eigenvalue weighted by molar-refractivity contribution is 5.94. The van der Waals surface area contributed by atoms with Crippen LogP contribution in [0.25, 0.3) is 0 Å². The monoisotopic (exact) mass is 444 g/mol. The van der Waals surface area contributed by atoms with Crippen molar-refractivity contribution in [3.63, 3.8) is 0 Å². The molecule has 7 nitrogen and oxygen atoms in total. The van der Waals surface area contributed by atoms with E-state index in [1.54, 1.807) is 17.1 Å². The molecule has 0 spiro atoms. The van der Waals surface area contributed by atoms with E-state index in [9.17, 15) is 4.79 Å². The molecule has 5 rings (SSSR count). The highest BCUT2D eigenvalue weighted by atomic mass is 16.2. The first-order chi connectivity index (χ1) is 16.1. The number of aromatic nitrogens is 4. The van der Waals surface area contributed by atoms with Gasteiger partial charge < -0.3 is 9.80 Å². The quantitative estimate of drug-likeness (QED) is 0.597. The third kappa shape index (κ3) is 4.49. The largest absolute Gasteiger partial charge is 0.356 e. The molecule has 1 amide bonds. The molecule has 1 aromatic carbocycles. The van der Waals surface area contributed by atoms with Crippen LogP contribution in [0, 0.1) is 6.92 Å². The van der Waals surface area contributed by atoms with Gasteiger partial charge in [0.1, 0.15) is 5.82 Å². The SMILES string of the molecule is Cc1nc(C2CCCCN2C(=O)c2cnn(C)c2)nc2c1CCCN2CCc1ccccc1. The molecule has 2 aromatic heterocycles. The van der Waals surface area contributed by atoms with E-state index in [4.69, 9.17) is 9.97 Å². The molecule has 0 saturated carbocycles. The predicted molar refractivity (Wildman–Crippen MR) is 128 cm³/mol. The number of benzene rings is 1. The molecule has 172 valence electrons. The summed E-state index contributed by atoms with van der Waals surface area (Å²) in [6.45, 7) is 4.78. The summed E-state index contributed by atoms with van der Waals surface area (Å²) in [5.41, 5.74) is 4.29. The predicted octanol–water partition coefficient (Wildman–Crippen LogP) is 3.88. The van der Waals surface area contributed by atoms with Crippen molar-refractivity contribution in [1.82, 2.24) is 24.6 Å². The van der Waals surface area contributed by atoms with Gasteiger partial charge in [-0.2, -0.15) is 5.10 Å². The number of nitrogens with zero attached hydrogens (tertiary/aromatic N) is 6. The second-order valence-corrected chi connectivity index (χ2v) is 9.21. The number of piperidine rings is 1. The zero-order valence-electron chi connectivity index (χ0n) is 19.6. The molecular weight excluding hydrogens is 412 g/mol. The van der Waals surface area contributed by atoms with Crippen LogP contribution < -0.4 is 4.90 Å². The zero-order valence-corrected chi connectivity index (χ0v) is 19.6. The maximum atomic E-state index is 13.3. The Morgan fingerprint density at radius 2 is 1.94 bits per heavy atom. The summed E-state index contributed by atoms with van der Waals surface area (Å²) >= 11 is 0. The van der Waals surface area contributed by atoms with Crippen molar-refractivity contribution in [2.24, 2.45) is 7.05 Å². The minimum absolute atomic E-state index is 0.0210. The smallest absolute Gasteiger partial charge is 0.257 e. The van der Waals surface area contributed by atoms with Gasteiger partial charge in [0.2, 0.25) is 0 Å². The van der Waals surface area contributed by atoms with Crippen LogP contribution in [0.4, 0.5) is 5.82 Å². The van der Waals surface area contributed by atoms with Gasteiger partial charge in [-0.3, -0.25) is 9.48 Å². The van der Waals surface area contributed by atoms with E-state index in [2.05, 4.69) is 47.3 Å². The number of fused-ring (bicyclic) bond motifs is 1. The van der Waals surface area contributed by atoms with Crippen LogP contribution in [-0.2, 0) is 19.9 Å². The fraction of sp³-hybridized carbons (Fsp3) is 0.462. The Hall–Kier alpha value is -3.22. The van der Waals surface area contributed by atoms with Gasteiger partial charge >= 0.3 is 0 Å². The first-order valence-corrected chi connectivity index (χ1v) is 12.1. The molecule has 33 heavy (non-hydrogen) atoms. The number of carbonyl (C=O) groups excluding carboxylic acids is 1. The molecular formula is C26H32N6O. The van der Waals surface area contributed by atoms with Crippen LogP contribution in [0.5, 0.6) is 0 Å². The maximum absolute atomic E-state index is 13.3. The lowest BCUT2D eigenvalue weighted by Crippen LogP contribution is -2.40. The van der Waals surface area contributed by atoms with Crippen LogP contribution in [0.2, 0.25) is 0 Å². The van der Waals surface area contributed by atoms with Crippen molar-refractivity contribution in [2.75, 3.05) is 24.5 Å². The number of rotatable bonds is 5. The molecule has 4 heterocycles. The molecule has 1 atom stereocenters. The van der Waals surface area contributed by atoms with E-state index < -0.39 is 0 Å². The summed E-state index contributed by atoms with van der Waals surface area (Å²) in [4.78, 5) is 27.7. The molecule has 0 N–H and O–H groups in total. The fourth-order valence-corrected chi connectivity index (χ4v) is 5.12. The van der Waals surface area contributed by atoms with Crippen molar-refractivity contribution < 1.29 is 4.79 Å². The third-order valence-corrected chi connectivity index (χ3v) is 6.89. The van der Waals surface area contributed by atoms with E-state index in [0.717, 1.165) is 75.5 Å². The summed E-state index contributed by atoms with van der Waals surface area (Å²) in [5.74, 6) is 1.88. The minimum atomic E-state index is -0.0895. The number of aryl methyl sites for hydroxylation is 2. The first kappa shape index (κ1) is 21.6. The first-order valence-electron chi connectivity index (χ1n) is 12.1. The second kappa shape index (κ2) is 9.33. The summed E-state index contributed by atoms with van der Waals surface area (Å²) in [5, 5.41) is 4.19. The van der Waals surface area contributed by atoms with Crippen LogP contribution in [0.15, 0.2) is 42.7 Å². The van der Waals surface area contributed by atoms with Crippen LogP contribution in [0.3, 0.4) is 0 Å². The van der Waals surface area contributed by atoms with Crippen LogP contribution in [0.1, 0.15) is 64.7 Å². The molecule has 3 aromatic rings. The number of likely N-dealkylation sites (tertiary alicyclic amines) is 1. The summed E-state index contributed by atoms with van der Waals surface area (Å²) in [6, 6.07) is 10.5. The molecule has 1 fully saturated rings. The van der Waals surface area contributed by atoms with Gasteiger partial charge in [-0.25, -0.2) is 9.97 Å². The van der Waals surface area contributed by atoms with E-state index in [0.29, 0.717) is 5.56 Å². The van der Waals surface area contributed by atoms with Crippen molar-refractivity contribution in [2.45, 2.75) is 51.5 Å². The number of hydrogen-bond acceptors (Lipinski definition) is 5. The van der Waals surface area contributed by atoms with Gasteiger partial charge in [0.15, 0.2) is 5.82 Å². The van der Waals surface area contributed by atoms with Crippen molar-refractivity contribution in [1.29, 1.82) is 0 Å². The Labute approximate surface area is 195 Å². The average Bonchev–Trinajstić information content (AvgIpc) is 3.29. The topological polar surface area (TPSA) is 67.2 Å². The van der Waals surface area contributed by atoms with Gasteiger partial charge in [0, 0.05) is 44.1 Å². The van der Waals surface area contributed by atoms with Crippen LogP contribution in [-0.4, -0.2) is 50.2 Å². The molecule has 2 aliphatic heterocycles. The van der Waals surface area contributed by atoms with E-state index in [-0.39, 0.29) is 11.9 Å². The summed E-state index contributed by atoms with van der Waals surface area (Å²) in [6.07, 6.45) is 9.57. The molecule has 1 unspecified atom stereocenters. The molecule has 0 aliphatic carbocycles. The molecule has 7 heteroatoms. The molecule has 2 aliphatic rings. The number of anilines is 1. The normalized spacial score (nSPS) is 18.3.